The van der Waals surface area contributed by atoms with E-state index in [0.717, 1.165) is 16.5 Å². The van der Waals surface area contributed by atoms with Crippen molar-refractivity contribution in [2.75, 3.05) is 7.11 Å². The van der Waals surface area contributed by atoms with Gasteiger partial charge in [0.05, 0.1) is 36.1 Å². The molecule has 160 valence electrons. The molecule has 2 aromatic heterocycles. The summed E-state index contributed by atoms with van der Waals surface area (Å²) >= 11 is 0. The second-order valence-corrected chi connectivity index (χ2v) is 7.89. The molecule has 0 amide bonds. The van der Waals surface area contributed by atoms with E-state index in [0.29, 0.717) is 29.9 Å². The molecular weight excluding hydrogens is 403 g/mol. The molecule has 0 radical (unpaired) electrons. The summed E-state index contributed by atoms with van der Waals surface area (Å²) < 4.78 is 26.5. The number of pyridine rings is 2. The molecule has 0 bridgehead atoms. The third kappa shape index (κ3) is 2.51. The number of nitrogens with zero attached hydrogens (tertiary/aromatic N) is 2. The lowest BCUT2D eigenvalue weighted by Crippen LogP contribution is -2.44. The van der Waals surface area contributed by atoms with Gasteiger partial charge in [0.25, 0.3) is 5.56 Å². The van der Waals surface area contributed by atoms with Crippen molar-refractivity contribution in [3.8, 4) is 17.1 Å². The van der Waals surface area contributed by atoms with Gasteiger partial charge in [-0.2, -0.15) is 0 Å². The number of aryl methyl sites for hydroxylation is 1. The summed E-state index contributed by atoms with van der Waals surface area (Å²) in [5.41, 5.74) is 1.34. The number of halogens is 1. The average molecular weight is 424 g/mol. The Labute approximate surface area is 177 Å². The number of hydrogen-bond acceptors (Lipinski definition) is 6. The molecule has 5 rings (SSSR count). The van der Waals surface area contributed by atoms with E-state index < -0.39 is 17.4 Å². The van der Waals surface area contributed by atoms with Crippen LogP contribution in [-0.4, -0.2) is 27.7 Å². The Morgan fingerprint density at radius 1 is 1.29 bits per heavy atom. The highest BCUT2D eigenvalue weighted by Gasteiger charge is 2.45. The predicted octanol–water partition coefficient (Wildman–Crippen LogP) is 2.79. The summed E-state index contributed by atoms with van der Waals surface area (Å²) in [5, 5.41) is 11.7. The van der Waals surface area contributed by atoms with E-state index in [2.05, 4.69) is 4.98 Å². The van der Waals surface area contributed by atoms with E-state index in [4.69, 9.17) is 9.47 Å². The number of hydrogen-bond donors (Lipinski definition) is 1. The van der Waals surface area contributed by atoms with Crippen LogP contribution in [-0.2, 0) is 34.7 Å². The van der Waals surface area contributed by atoms with E-state index in [9.17, 15) is 19.1 Å². The Kier molecular flexibility index (Phi) is 4.20. The van der Waals surface area contributed by atoms with Crippen LogP contribution in [0.1, 0.15) is 42.5 Å². The lowest BCUT2D eigenvalue weighted by Gasteiger charge is -2.31. The van der Waals surface area contributed by atoms with Gasteiger partial charge in [-0.05, 0) is 25.0 Å². The normalized spacial score (nSPS) is 19.1. The zero-order chi connectivity index (χ0) is 22.1. The molecule has 7 nitrogen and oxygen atoms in total. The van der Waals surface area contributed by atoms with Crippen molar-refractivity contribution in [3.05, 3.63) is 56.6 Å². The second kappa shape index (κ2) is 6.62. The Hall–Kier alpha value is -3.26. The Morgan fingerprint density at radius 2 is 2.06 bits per heavy atom. The maximum absolute atomic E-state index is 14.6. The molecule has 2 aliphatic rings. The topological polar surface area (TPSA) is 90.7 Å². The van der Waals surface area contributed by atoms with Crippen LogP contribution in [0.5, 0.6) is 5.75 Å². The Balaban J connectivity index is 1.79. The molecule has 1 atom stereocenters. The minimum atomic E-state index is -1.88. The van der Waals surface area contributed by atoms with Crippen molar-refractivity contribution in [2.24, 2.45) is 0 Å². The van der Waals surface area contributed by atoms with Gasteiger partial charge in [0.15, 0.2) is 17.2 Å². The summed E-state index contributed by atoms with van der Waals surface area (Å²) in [5.74, 6) is -1.06. The molecule has 1 aromatic carbocycles. The first kappa shape index (κ1) is 19.7. The highest BCUT2D eigenvalue weighted by molar-refractivity contribution is 5.89. The van der Waals surface area contributed by atoms with Gasteiger partial charge in [0, 0.05) is 28.1 Å². The van der Waals surface area contributed by atoms with Gasteiger partial charge in [-0.3, -0.25) is 4.79 Å². The lowest BCUT2D eigenvalue weighted by atomic mass is 9.86. The number of aromatic nitrogens is 2. The van der Waals surface area contributed by atoms with Gasteiger partial charge in [0.2, 0.25) is 0 Å². The number of cyclic esters (lactones) is 1. The first-order chi connectivity index (χ1) is 14.8. The van der Waals surface area contributed by atoms with E-state index in [1.54, 1.807) is 17.6 Å². The number of methoxy groups -OCH3 is 1. The van der Waals surface area contributed by atoms with Crippen LogP contribution in [0, 0.1) is 5.82 Å². The molecule has 0 spiro atoms. The summed E-state index contributed by atoms with van der Waals surface area (Å²) in [7, 11) is 1.43. The van der Waals surface area contributed by atoms with Crippen LogP contribution in [0.15, 0.2) is 23.0 Å². The molecule has 0 fully saturated rings. The SMILES string of the molecule is CCc1c(OC)c(F)cc2nc3c(cc12)Cn1c-3cc2c(c1=O)COC(=O)[C@]2(O)CC. The van der Waals surface area contributed by atoms with Gasteiger partial charge >= 0.3 is 5.97 Å². The van der Waals surface area contributed by atoms with Crippen molar-refractivity contribution in [2.45, 2.75) is 45.4 Å². The Morgan fingerprint density at radius 3 is 2.74 bits per heavy atom. The highest BCUT2D eigenvalue weighted by atomic mass is 19.1. The molecule has 1 N–H and O–H groups in total. The predicted molar refractivity (Wildman–Crippen MR) is 110 cm³/mol. The molecule has 8 heteroatoms. The largest absolute Gasteiger partial charge is 0.493 e. The maximum Gasteiger partial charge on any atom is 0.343 e. The number of benzene rings is 1. The average Bonchev–Trinajstić information content (AvgIpc) is 3.12. The fourth-order valence-corrected chi connectivity index (χ4v) is 4.71. The molecule has 4 heterocycles. The van der Waals surface area contributed by atoms with E-state index in [1.165, 1.54) is 13.2 Å². The van der Waals surface area contributed by atoms with Crippen molar-refractivity contribution in [3.63, 3.8) is 0 Å². The molecule has 0 aliphatic carbocycles. The number of carbonyl (C=O) groups excluding carboxylic acids is 1. The summed E-state index contributed by atoms with van der Waals surface area (Å²) in [4.78, 5) is 30.1. The minimum Gasteiger partial charge on any atom is -0.493 e. The number of fused-ring (bicyclic) bond motifs is 5. The molecule has 0 saturated carbocycles. The molecule has 0 unspecified atom stereocenters. The molecule has 2 aliphatic heterocycles. The summed E-state index contributed by atoms with van der Waals surface area (Å²) in [6.07, 6.45) is 0.632. The van der Waals surface area contributed by atoms with Crippen LogP contribution in [0.2, 0.25) is 0 Å². The number of esters is 1. The monoisotopic (exact) mass is 424 g/mol. The van der Waals surface area contributed by atoms with Crippen molar-refractivity contribution in [1.82, 2.24) is 9.55 Å². The Bertz CT molecular complexity index is 1350. The van der Waals surface area contributed by atoms with E-state index in [1.807, 2.05) is 13.0 Å². The zero-order valence-corrected chi connectivity index (χ0v) is 17.4. The van der Waals surface area contributed by atoms with Gasteiger partial charge in [0.1, 0.15) is 6.61 Å². The molecular formula is C23H21FN2O5. The number of ether oxygens (including phenoxy) is 2. The van der Waals surface area contributed by atoms with E-state index in [-0.39, 0.29) is 35.5 Å². The van der Waals surface area contributed by atoms with Crippen molar-refractivity contribution in [1.29, 1.82) is 0 Å². The van der Waals surface area contributed by atoms with Crippen LogP contribution in [0.25, 0.3) is 22.3 Å². The van der Waals surface area contributed by atoms with Crippen LogP contribution in [0.3, 0.4) is 0 Å². The fraction of sp³-hybridized carbons (Fsp3) is 0.348. The molecule has 0 saturated heterocycles. The van der Waals surface area contributed by atoms with Crippen molar-refractivity contribution >= 4 is 16.9 Å². The minimum absolute atomic E-state index is 0.0740. The van der Waals surface area contributed by atoms with Crippen LogP contribution >= 0.6 is 0 Å². The summed E-state index contributed by atoms with van der Waals surface area (Å²) in [6, 6.07) is 4.88. The van der Waals surface area contributed by atoms with Gasteiger partial charge < -0.3 is 19.1 Å². The van der Waals surface area contributed by atoms with E-state index >= 15 is 0 Å². The maximum atomic E-state index is 14.6. The van der Waals surface area contributed by atoms with Crippen molar-refractivity contribution < 1.29 is 23.8 Å². The van der Waals surface area contributed by atoms with Gasteiger partial charge in [-0.1, -0.05) is 13.8 Å². The first-order valence-corrected chi connectivity index (χ1v) is 10.2. The smallest absolute Gasteiger partial charge is 0.343 e. The first-order valence-electron chi connectivity index (χ1n) is 10.2. The lowest BCUT2D eigenvalue weighted by molar-refractivity contribution is -0.172. The summed E-state index contributed by atoms with van der Waals surface area (Å²) in [6.45, 7) is 3.69. The highest BCUT2D eigenvalue weighted by Crippen LogP contribution is 2.40. The van der Waals surface area contributed by atoms with Gasteiger partial charge in [-0.25, -0.2) is 14.2 Å². The third-order valence-corrected chi connectivity index (χ3v) is 6.38. The van der Waals surface area contributed by atoms with Gasteiger partial charge in [-0.15, -0.1) is 0 Å². The number of carbonyl (C=O) groups is 1. The fourth-order valence-electron chi connectivity index (χ4n) is 4.71. The third-order valence-electron chi connectivity index (χ3n) is 6.38. The quantitative estimate of drug-likeness (QED) is 0.509. The standard InChI is InChI=1S/C23H21FN2O5/c1-4-12-13-6-11-9-26-18(19(11)25-17(13)8-16(24)20(12)30-3)7-15-14(21(26)27)10-31-22(28)23(15,29)5-2/h6-8,29H,4-5,9-10H2,1-3H3/t23-/m0/s1. The van der Waals surface area contributed by atoms with Crippen LogP contribution < -0.4 is 10.3 Å². The number of rotatable bonds is 3. The number of aliphatic hydroxyl groups is 1. The second-order valence-electron chi connectivity index (χ2n) is 7.89. The van der Waals surface area contributed by atoms with Crippen LogP contribution in [0.4, 0.5) is 4.39 Å². The molecule has 3 aromatic rings. The zero-order valence-electron chi connectivity index (χ0n) is 17.4. The molecule has 31 heavy (non-hydrogen) atoms.